The monoisotopic (exact) mass is 904 g/mol. The summed E-state index contributed by atoms with van der Waals surface area (Å²) >= 11 is 1.53. The summed E-state index contributed by atoms with van der Waals surface area (Å²) in [5.41, 5.74) is 4.57. The number of phenolic OH excluding ortho intramolecular Hbond substituents is 1. The van der Waals surface area contributed by atoms with E-state index in [4.69, 9.17) is 5.73 Å². The largest absolute Gasteiger partial charge is 0.508 e. The molecule has 16 heteroatoms. The van der Waals surface area contributed by atoms with Gasteiger partial charge in [0.25, 0.3) is 0 Å². The number of benzene rings is 1. The molecular weight excluding hydrogens is 823 g/mol. The molecule has 0 aliphatic rings. The van der Waals surface area contributed by atoms with Crippen molar-refractivity contribution in [2.75, 3.05) is 18.6 Å². The van der Waals surface area contributed by atoms with Crippen molar-refractivity contribution >= 4 is 53.1 Å². The van der Waals surface area contributed by atoms with Gasteiger partial charge in [0.1, 0.15) is 29.4 Å². The Morgan fingerprint density at radius 1 is 0.635 bits per heavy atom. The smallest absolute Gasteiger partial charge is 0.245 e. The molecule has 1 aromatic rings. The second kappa shape index (κ2) is 33.2. The number of aromatic hydroxyl groups is 1. The summed E-state index contributed by atoms with van der Waals surface area (Å²) < 4.78 is 0. The normalized spacial score (nSPS) is 13.2. The van der Waals surface area contributed by atoms with E-state index < -0.39 is 65.7 Å². The molecule has 0 spiro atoms. The van der Waals surface area contributed by atoms with Crippen LogP contribution in [0.3, 0.4) is 0 Å². The molecule has 0 aromatic heterocycles. The van der Waals surface area contributed by atoms with E-state index in [0.717, 1.165) is 44.9 Å². The number of amides is 7. The Balaban J connectivity index is 2.90. The van der Waals surface area contributed by atoms with Crippen LogP contribution in [0.25, 0.3) is 0 Å². The summed E-state index contributed by atoms with van der Waals surface area (Å²) in [4.78, 5) is 91.9. The van der Waals surface area contributed by atoms with E-state index in [-0.39, 0.29) is 37.0 Å². The lowest BCUT2D eigenvalue weighted by Gasteiger charge is -2.30. The van der Waals surface area contributed by atoms with Gasteiger partial charge in [-0.15, -0.1) is 0 Å². The zero-order valence-corrected chi connectivity index (χ0v) is 40.0. The Bertz CT molecular complexity index is 1530. The Morgan fingerprint density at radius 3 is 1.73 bits per heavy atom. The molecule has 358 valence electrons. The number of carbonyl (C=O) groups is 7. The number of thioether (sulfide) groups is 1. The molecule has 63 heavy (non-hydrogen) atoms. The van der Waals surface area contributed by atoms with Gasteiger partial charge in [-0.2, -0.15) is 11.8 Å². The fourth-order valence-corrected chi connectivity index (χ4v) is 7.42. The van der Waals surface area contributed by atoms with Gasteiger partial charge in [0.2, 0.25) is 41.4 Å². The molecule has 15 nitrogen and oxygen atoms in total. The van der Waals surface area contributed by atoms with Crippen LogP contribution in [0.2, 0.25) is 0 Å². The number of hydrogen-bond donors (Lipinski definition) is 8. The van der Waals surface area contributed by atoms with Gasteiger partial charge in [0.05, 0.1) is 6.54 Å². The van der Waals surface area contributed by atoms with Crippen molar-refractivity contribution in [3.8, 4) is 5.75 Å². The SMILES string of the molecule is CCCCCCCCCCCCCCCC(=O)N[C@@H](CCSC)C(=O)NCC(=O)N[C@@H](Cc1ccc(O)cc1)C(=O)N[C@@H](CCC(N)=O)C(=O)NC(C)(C)C(=O)N[C@H](C)CCCC. The van der Waals surface area contributed by atoms with Crippen LogP contribution in [-0.4, -0.2) is 94.7 Å². The minimum absolute atomic E-state index is 0.00596. The van der Waals surface area contributed by atoms with Crippen molar-refractivity contribution in [1.82, 2.24) is 31.9 Å². The summed E-state index contributed by atoms with van der Waals surface area (Å²) in [7, 11) is 0. The number of phenols is 1. The lowest BCUT2D eigenvalue weighted by molar-refractivity contribution is -0.136. The van der Waals surface area contributed by atoms with Crippen LogP contribution in [0, 0.1) is 0 Å². The quantitative estimate of drug-likeness (QED) is 0.0391. The van der Waals surface area contributed by atoms with Gasteiger partial charge in [-0.3, -0.25) is 33.6 Å². The average Bonchev–Trinajstić information content (AvgIpc) is 3.23. The highest BCUT2D eigenvalue weighted by atomic mass is 32.2. The van der Waals surface area contributed by atoms with Gasteiger partial charge in [0.15, 0.2) is 0 Å². The fraction of sp³-hybridized carbons (Fsp3) is 0.723. The third-order valence-corrected chi connectivity index (χ3v) is 11.5. The van der Waals surface area contributed by atoms with Gasteiger partial charge >= 0.3 is 0 Å². The molecule has 0 radical (unpaired) electrons. The minimum Gasteiger partial charge on any atom is -0.508 e. The first-order valence-electron chi connectivity index (χ1n) is 23.4. The molecule has 9 N–H and O–H groups in total. The fourth-order valence-electron chi connectivity index (χ4n) is 6.95. The Hall–Kier alpha value is -4.34. The molecule has 0 aliphatic heterocycles. The van der Waals surface area contributed by atoms with Crippen molar-refractivity contribution in [1.29, 1.82) is 0 Å². The maximum Gasteiger partial charge on any atom is 0.245 e. The minimum atomic E-state index is -1.38. The highest BCUT2D eigenvalue weighted by Crippen LogP contribution is 2.15. The van der Waals surface area contributed by atoms with Crippen LogP contribution in [0.5, 0.6) is 5.75 Å². The van der Waals surface area contributed by atoms with Gasteiger partial charge in [0, 0.05) is 25.3 Å². The lowest BCUT2D eigenvalue weighted by atomic mass is 10.0. The molecule has 4 atom stereocenters. The van der Waals surface area contributed by atoms with E-state index in [0.29, 0.717) is 24.2 Å². The number of primary amides is 1. The van der Waals surface area contributed by atoms with Crippen molar-refractivity contribution in [3.63, 3.8) is 0 Å². The van der Waals surface area contributed by atoms with Crippen LogP contribution in [0.4, 0.5) is 0 Å². The molecule has 0 fully saturated rings. The molecule has 0 unspecified atom stereocenters. The number of hydrogen-bond acceptors (Lipinski definition) is 9. The molecule has 0 saturated carbocycles. The van der Waals surface area contributed by atoms with Crippen molar-refractivity contribution in [3.05, 3.63) is 29.8 Å². The second-order valence-electron chi connectivity index (χ2n) is 17.3. The molecule has 7 amide bonds. The van der Waals surface area contributed by atoms with Gasteiger partial charge in [-0.25, -0.2) is 0 Å². The molecular formula is C47H81N7O8S. The zero-order chi connectivity index (χ0) is 47.0. The maximum absolute atomic E-state index is 13.9. The first-order chi connectivity index (χ1) is 30.0. The molecule has 1 aromatic carbocycles. The van der Waals surface area contributed by atoms with Crippen LogP contribution in [-0.2, 0) is 40.0 Å². The first kappa shape index (κ1) is 56.7. The standard InChI is InChI=1S/C47H81N7O8S/c1-7-9-11-12-13-14-15-16-17-18-19-20-21-23-41(57)51-38(30-31-63-6)43(59)49-33-42(58)52-39(32-35-24-26-36(55)27-25-35)44(60)53-37(28-29-40(48)56)45(61)54-47(4,5)46(62)50-34(3)22-10-8-2/h24-27,34,37-39,55H,7-23,28-33H2,1-6H3,(H2,48,56)(H,49,59)(H,50,62)(H,51,57)(H,52,58)(H,53,60)(H,54,61)/t34-,37+,38+,39+/m1/s1. The van der Waals surface area contributed by atoms with E-state index in [1.165, 1.54) is 95.5 Å². The van der Waals surface area contributed by atoms with Gasteiger partial charge in [-0.1, -0.05) is 116 Å². The number of nitrogens with two attached hydrogens (primary N) is 1. The summed E-state index contributed by atoms with van der Waals surface area (Å²) in [5, 5.41) is 26.1. The van der Waals surface area contributed by atoms with E-state index in [9.17, 15) is 38.7 Å². The Morgan fingerprint density at radius 2 is 1.17 bits per heavy atom. The molecule has 0 saturated heterocycles. The van der Waals surface area contributed by atoms with Crippen molar-refractivity contribution in [2.24, 2.45) is 5.73 Å². The molecule has 0 aliphatic carbocycles. The average molecular weight is 904 g/mol. The summed E-state index contributed by atoms with van der Waals surface area (Å²) in [6, 6.07) is 2.42. The molecule has 0 bridgehead atoms. The number of rotatable bonds is 36. The highest BCUT2D eigenvalue weighted by molar-refractivity contribution is 7.98. The van der Waals surface area contributed by atoms with E-state index in [1.807, 2.05) is 20.1 Å². The molecule has 0 heterocycles. The predicted octanol–water partition coefficient (Wildman–Crippen LogP) is 5.59. The van der Waals surface area contributed by atoms with Crippen molar-refractivity contribution in [2.45, 2.75) is 199 Å². The zero-order valence-electron chi connectivity index (χ0n) is 39.2. The van der Waals surface area contributed by atoms with E-state index in [2.05, 4.69) is 38.8 Å². The van der Waals surface area contributed by atoms with Crippen LogP contribution in [0.15, 0.2) is 24.3 Å². The summed E-state index contributed by atoms with van der Waals surface area (Å²) in [6.07, 6.45) is 20.2. The summed E-state index contributed by atoms with van der Waals surface area (Å²) in [5.74, 6) is -3.53. The number of carbonyl (C=O) groups excluding carboxylic acids is 7. The topological polar surface area (TPSA) is 238 Å². The third kappa shape index (κ3) is 26.8. The summed E-state index contributed by atoms with van der Waals surface area (Å²) in [6.45, 7) is 8.70. The van der Waals surface area contributed by atoms with E-state index in [1.54, 1.807) is 12.1 Å². The van der Waals surface area contributed by atoms with Crippen LogP contribution in [0.1, 0.15) is 169 Å². The van der Waals surface area contributed by atoms with Crippen LogP contribution < -0.4 is 37.6 Å². The second-order valence-corrected chi connectivity index (χ2v) is 18.3. The first-order valence-corrected chi connectivity index (χ1v) is 24.8. The Kier molecular flexibility index (Phi) is 29.9. The van der Waals surface area contributed by atoms with Gasteiger partial charge in [-0.05, 0) is 76.2 Å². The predicted molar refractivity (Wildman–Crippen MR) is 252 cm³/mol. The van der Waals surface area contributed by atoms with Crippen molar-refractivity contribution < 1.29 is 38.7 Å². The lowest BCUT2D eigenvalue weighted by Crippen LogP contribution is -2.61. The van der Waals surface area contributed by atoms with Crippen LogP contribution >= 0.6 is 11.8 Å². The van der Waals surface area contributed by atoms with Gasteiger partial charge < -0.3 is 42.7 Å². The maximum atomic E-state index is 13.9. The van der Waals surface area contributed by atoms with E-state index >= 15 is 0 Å². The molecule has 1 rings (SSSR count). The number of unbranched alkanes of at least 4 members (excludes halogenated alkanes) is 13. The third-order valence-electron chi connectivity index (χ3n) is 10.9. The Labute approximate surface area is 381 Å². The number of nitrogens with one attached hydrogen (secondary N) is 6. The highest BCUT2D eigenvalue weighted by Gasteiger charge is 2.35.